The number of carbonyl (C=O) groups is 2. The van der Waals surface area contributed by atoms with Crippen LogP contribution in [0.2, 0.25) is 0 Å². The molecule has 1 aromatic heterocycles. The molecule has 2 aliphatic rings. The lowest BCUT2D eigenvalue weighted by molar-refractivity contribution is -0.132. The van der Waals surface area contributed by atoms with E-state index in [9.17, 15) is 9.59 Å². The maximum Gasteiger partial charge on any atom is 0.293 e. The minimum Gasteiger partial charge on any atom is -0.490 e. The largest absolute Gasteiger partial charge is 0.490 e. The molecular formula is C24H30N2O6. The van der Waals surface area contributed by atoms with E-state index in [4.69, 9.17) is 18.6 Å². The fourth-order valence-electron chi connectivity index (χ4n) is 4.75. The Morgan fingerprint density at radius 3 is 2.53 bits per heavy atom. The van der Waals surface area contributed by atoms with E-state index in [0.29, 0.717) is 24.6 Å². The maximum atomic E-state index is 13.1. The van der Waals surface area contributed by atoms with Gasteiger partial charge in [0.2, 0.25) is 17.4 Å². The molecule has 172 valence electrons. The van der Waals surface area contributed by atoms with Gasteiger partial charge in [-0.05, 0) is 31.7 Å². The number of rotatable bonds is 4. The summed E-state index contributed by atoms with van der Waals surface area (Å²) < 4.78 is 22.5. The molecule has 1 spiro atoms. The molecule has 8 heteroatoms. The highest BCUT2D eigenvalue weighted by molar-refractivity contribution is 5.95. The van der Waals surface area contributed by atoms with Crippen molar-refractivity contribution in [2.75, 3.05) is 27.8 Å². The maximum absolute atomic E-state index is 13.1. The topological polar surface area (TPSA) is 81.5 Å². The highest BCUT2D eigenvalue weighted by Crippen LogP contribution is 2.40. The minimum absolute atomic E-state index is 0.0294. The summed E-state index contributed by atoms with van der Waals surface area (Å²) in [7, 11) is 4.77. The summed E-state index contributed by atoms with van der Waals surface area (Å²) in [5.74, 6) is 1.46. The molecule has 8 nitrogen and oxygen atoms in total. The summed E-state index contributed by atoms with van der Waals surface area (Å²) in [6.07, 6.45) is 4.38. The number of hydrogen-bond donors (Lipinski definition) is 0. The number of methoxy groups -OCH3 is 2. The predicted molar refractivity (Wildman–Crippen MR) is 117 cm³/mol. The SMILES string of the molecule is COc1coc(C(=O)N(C)C2CCC3(CC2)CN(C(C)=O)Cc2ccccc2O3)c1OC. The Morgan fingerprint density at radius 1 is 1.16 bits per heavy atom. The highest BCUT2D eigenvalue weighted by atomic mass is 16.5. The monoisotopic (exact) mass is 442 g/mol. The number of fused-ring (bicyclic) bond motifs is 1. The molecule has 1 fully saturated rings. The Morgan fingerprint density at radius 2 is 1.88 bits per heavy atom. The van der Waals surface area contributed by atoms with Crippen LogP contribution in [0.4, 0.5) is 0 Å². The molecule has 1 saturated carbocycles. The van der Waals surface area contributed by atoms with Crippen LogP contribution in [-0.2, 0) is 11.3 Å². The van der Waals surface area contributed by atoms with Gasteiger partial charge in [0.05, 0.1) is 20.8 Å². The lowest BCUT2D eigenvalue weighted by Gasteiger charge is -2.43. The van der Waals surface area contributed by atoms with Crippen molar-refractivity contribution in [3.05, 3.63) is 41.9 Å². The third-order valence-electron chi connectivity index (χ3n) is 6.65. The zero-order valence-electron chi connectivity index (χ0n) is 19.1. The summed E-state index contributed by atoms with van der Waals surface area (Å²) in [6, 6.07) is 7.93. The number of para-hydroxylation sites is 1. The van der Waals surface area contributed by atoms with Gasteiger partial charge in [-0.15, -0.1) is 0 Å². The van der Waals surface area contributed by atoms with Crippen molar-refractivity contribution in [3.63, 3.8) is 0 Å². The van der Waals surface area contributed by atoms with E-state index < -0.39 is 5.60 Å². The van der Waals surface area contributed by atoms with Crippen LogP contribution in [0.15, 0.2) is 34.9 Å². The average Bonchev–Trinajstić information content (AvgIpc) is 3.14. The van der Waals surface area contributed by atoms with Crippen molar-refractivity contribution in [3.8, 4) is 17.2 Å². The summed E-state index contributed by atoms with van der Waals surface area (Å²) in [5, 5.41) is 0. The van der Waals surface area contributed by atoms with Gasteiger partial charge >= 0.3 is 0 Å². The zero-order chi connectivity index (χ0) is 22.9. The van der Waals surface area contributed by atoms with Crippen LogP contribution < -0.4 is 14.2 Å². The summed E-state index contributed by atoms with van der Waals surface area (Å²) in [4.78, 5) is 28.9. The van der Waals surface area contributed by atoms with Crippen molar-refractivity contribution in [2.24, 2.45) is 0 Å². The summed E-state index contributed by atoms with van der Waals surface area (Å²) in [6.45, 7) is 2.70. The predicted octanol–water partition coefficient (Wildman–Crippen LogP) is 3.49. The molecule has 32 heavy (non-hydrogen) atoms. The minimum atomic E-state index is -0.454. The first-order valence-electron chi connectivity index (χ1n) is 10.9. The third-order valence-corrected chi connectivity index (χ3v) is 6.65. The second-order valence-corrected chi connectivity index (χ2v) is 8.58. The van der Waals surface area contributed by atoms with Crippen molar-refractivity contribution in [2.45, 2.75) is 50.8 Å². The zero-order valence-corrected chi connectivity index (χ0v) is 19.1. The van der Waals surface area contributed by atoms with Crippen molar-refractivity contribution in [1.29, 1.82) is 0 Å². The van der Waals surface area contributed by atoms with Crippen molar-refractivity contribution >= 4 is 11.8 Å². The van der Waals surface area contributed by atoms with E-state index >= 15 is 0 Å². The lowest BCUT2D eigenvalue weighted by atomic mass is 9.81. The van der Waals surface area contributed by atoms with Crippen LogP contribution in [0.3, 0.4) is 0 Å². The lowest BCUT2D eigenvalue weighted by Crippen LogP contribution is -2.52. The molecule has 0 radical (unpaired) electrons. The number of ether oxygens (including phenoxy) is 3. The van der Waals surface area contributed by atoms with Crippen LogP contribution in [-0.4, -0.2) is 61.1 Å². The van der Waals surface area contributed by atoms with Crippen molar-refractivity contribution in [1.82, 2.24) is 9.80 Å². The quantitative estimate of drug-likeness (QED) is 0.721. The van der Waals surface area contributed by atoms with Crippen molar-refractivity contribution < 1.29 is 28.2 Å². The van der Waals surface area contributed by atoms with E-state index in [0.717, 1.165) is 37.0 Å². The van der Waals surface area contributed by atoms with Gasteiger partial charge in [0.1, 0.15) is 17.6 Å². The van der Waals surface area contributed by atoms with E-state index in [1.807, 2.05) is 29.2 Å². The number of hydrogen-bond acceptors (Lipinski definition) is 6. The Bertz CT molecular complexity index is 992. The van der Waals surface area contributed by atoms with Crippen LogP contribution in [0.1, 0.15) is 48.7 Å². The third kappa shape index (κ3) is 4.01. The average molecular weight is 443 g/mol. The number of nitrogens with zero attached hydrogens (tertiary/aromatic N) is 2. The Kier molecular flexibility index (Phi) is 6.04. The molecule has 2 heterocycles. The van der Waals surface area contributed by atoms with Gasteiger partial charge in [-0.25, -0.2) is 0 Å². The van der Waals surface area contributed by atoms with E-state index in [2.05, 4.69) is 0 Å². The van der Waals surface area contributed by atoms with Crippen LogP contribution in [0, 0.1) is 0 Å². The van der Waals surface area contributed by atoms with Gasteiger partial charge in [-0.2, -0.15) is 0 Å². The molecule has 0 atom stereocenters. The van der Waals surface area contributed by atoms with Crippen LogP contribution >= 0.6 is 0 Å². The second-order valence-electron chi connectivity index (χ2n) is 8.58. The number of carbonyl (C=O) groups excluding carboxylic acids is 2. The molecule has 2 aromatic rings. The van der Waals surface area contributed by atoms with Gasteiger partial charge in [0.15, 0.2) is 5.75 Å². The first-order valence-corrected chi connectivity index (χ1v) is 10.9. The van der Waals surface area contributed by atoms with Gasteiger partial charge in [0, 0.05) is 32.1 Å². The van der Waals surface area contributed by atoms with E-state index in [1.165, 1.54) is 20.5 Å². The van der Waals surface area contributed by atoms with E-state index in [1.54, 1.807) is 18.9 Å². The molecule has 2 amide bonds. The summed E-state index contributed by atoms with van der Waals surface area (Å²) in [5.41, 5.74) is 0.567. The van der Waals surface area contributed by atoms with Gasteiger partial charge in [0.25, 0.3) is 5.91 Å². The molecule has 0 N–H and O–H groups in total. The smallest absolute Gasteiger partial charge is 0.293 e. The molecule has 0 bridgehead atoms. The van der Waals surface area contributed by atoms with Crippen LogP contribution in [0.5, 0.6) is 17.2 Å². The fourth-order valence-corrected chi connectivity index (χ4v) is 4.75. The molecule has 1 aliphatic carbocycles. The van der Waals surface area contributed by atoms with Gasteiger partial charge in [-0.3, -0.25) is 9.59 Å². The Labute approximate surface area is 188 Å². The van der Waals surface area contributed by atoms with Crippen LogP contribution in [0.25, 0.3) is 0 Å². The number of furan rings is 1. The molecule has 1 aromatic carbocycles. The van der Waals surface area contributed by atoms with Gasteiger partial charge < -0.3 is 28.4 Å². The molecule has 1 aliphatic heterocycles. The standard InChI is InChI=1S/C24H30N2O6/c1-16(27)26-13-17-7-5-6-8-19(17)32-24(15-26)11-9-18(10-12-24)25(2)23(28)22-21(30-4)20(29-3)14-31-22/h5-8,14,18H,9-13,15H2,1-4H3. The second kappa shape index (κ2) is 8.76. The fraction of sp³-hybridized carbons (Fsp3) is 0.500. The van der Waals surface area contributed by atoms with E-state index in [-0.39, 0.29) is 23.6 Å². The number of benzene rings is 1. The molecule has 0 saturated heterocycles. The first-order chi connectivity index (χ1) is 15.4. The number of amides is 2. The normalized spacial score (nSPS) is 22.5. The summed E-state index contributed by atoms with van der Waals surface area (Å²) >= 11 is 0. The van der Waals surface area contributed by atoms with Gasteiger partial charge in [-0.1, -0.05) is 18.2 Å². The Balaban J connectivity index is 1.50. The molecule has 4 rings (SSSR count). The highest BCUT2D eigenvalue weighted by Gasteiger charge is 2.43. The molecular weight excluding hydrogens is 412 g/mol. The Hall–Kier alpha value is -3.16. The first kappa shape index (κ1) is 22.0. The molecule has 0 unspecified atom stereocenters.